The van der Waals surface area contributed by atoms with Crippen molar-refractivity contribution in [3.63, 3.8) is 0 Å². The van der Waals surface area contributed by atoms with Crippen LogP contribution in [-0.4, -0.2) is 5.71 Å². The van der Waals surface area contributed by atoms with Crippen molar-refractivity contribution < 1.29 is 0 Å². The molecule has 0 aromatic heterocycles. The molecule has 29 heavy (non-hydrogen) atoms. The lowest BCUT2D eigenvalue weighted by Gasteiger charge is -2.38. The fourth-order valence-corrected chi connectivity index (χ4v) is 6.21. The molecule has 0 spiro atoms. The van der Waals surface area contributed by atoms with Crippen molar-refractivity contribution in [1.82, 2.24) is 0 Å². The molecule has 0 N–H and O–H groups in total. The van der Waals surface area contributed by atoms with Gasteiger partial charge in [0.15, 0.2) is 0 Å². The van der Waals surface area contributed by atoms with E-state index >= 15 is 0 Å². The van der Waals surface area contributed by atoms with Crippen LogP contribution in [0, 0.1) is 13.8 Å². The zero-order valence-corrected chi connectivity index (χ0v) is 16.7. The first kappa shape index (κ1) is 15.7. The van der Waals surface area contributed by atoms with E-state index in [4.69, 9.17) is 4.99 Å². The highest BCUT2D eigenvalue weighted by Crippen LogP contribution is 2.55. The van der Waals surface area contributed by atoms with E-state index in [2.05, 4.69) is 80.6 Å². The van der Waals surface area contributed by atoms with Crippen LogP contribution < -0.4 is 0 Å². The summed E-state index contributed by atoms with van der Waals surface area (Å²) in [6.45, 7) is 4.55. The summed E-state index contributed by atoms with van der Waals surface area (Å²) in [5, 5.41) is 2.95. The van der Waals surface area contributed by atoms with Gasteiger partial charge in [-0.3, -0.25) is 4.99 Å². The highest BCUT2D eigenvalue weighted by Gasteiger charge is 2.43. The fraction of sp³-hybridized carbons (Fsp3) is 0.179. The maximum atomic E-state index is 5.25. The minimum Gasteiger partial charge on any atom is -0.256 e. The lowest BCUT2D eigenvalue weighted by molar-refractivity contribution is 0.902. The fourth-order valence-electron chi connectivity index (χ4n) is 6.21. The Morgan fingerprint density at radius 2 is 1.48 bits per heavy atom. The lowest BCUT2D eigenvalue weighted by atomic mass is 9.64. The van der Waals surface area contributed by atoms with Crippen LogP contribution >= 0.6 is 0 Å². The zero-order chi connectivity index (χ0) is 19.3. The first-order valence-electron chi connectivity index (χ1n) is 10.5. The molecular formula is C28H21N. The van der Waals surface area contributed by atoms with Gasteiger partial charge in [0.2, 0.25) is 0 Å². The number of hydrogen-bond donors (Lipinski definition) is 0. The number of aliphatic imine (C=N–C) groups is 1. The van der Waals surface area contributed by atoms with E-state index in [0.717, 1.165) is 12.1 Å². The molecule has 0 bridgehead atoms. The Kier molecular flexibility index (Phi) is 2.84. The van der Waals surface area contributed by atoms with E-state index in [-0.39, 0.29) is 11.8 Å². The van der Waals surface area contributed by atoms with Crippen LogP contribution in [0.1, 0.15) is 56.3 Å². The molecule has 3 aliphatic rings. The van der Waals surface area contributed by atoms with Crippen LogP contribution in [-0.2, 0) is 6.42 Å². The summed E-state index contributed by atoms with van der Waals surface area (Å²) in [7, 11) is 0. The number of aryl methyl sites for hydroxylation is 2. The molecule has 1 heteroatoms. The number of benzene rings is 4. The van der Waals surface area contributed by atoms with Crippen LogP contribution in [0.25, 0.3) is 10.8 Å². The molecule has 4 aromatic carbocycles. The molecule has 0 saturated heterocycles. The quantitative estimate of drug-likeness (QED) is 0.325. The third-order valence-electron chi connectivity index (χ3n) is 7.28. The van der Waals surface area contributed by atoms with Gasteiger partial charge in [0.1, 0.15) is 0 Å². The number of hydrogen-bond acceptors (Lipinski definition) is 1. The molecule has 0 fully saturated rings. The van der Waals surface area contributed by atoms with Crippen LogP contribution in [0.3, 0.4) is 0 Å². The van der Waals surface area contributed by atoms with Crippen molar-refractivity contribution in [3.8, 4) is 0 Å². The largest absolute Gasteiger partial charge is 0.256 e. The van der Waals surface area contributed by atoms with E-state index < -0.39 is 0 Å². The summed E-state index contributed by atoms with van der Waals surface area (Å²) in [4.78, 5) is 5.25. The Balaban J connectivity index is 1.69. The minimum absolute atomic E-state index is 0.268. The second-order valence-corrected chi connectivity index (χ2v) is 8.83. The van der Waals surface area contributed by atoms with Crippen molar-refractivity contribution in [3.05, 3.63) is 111 Å². The summed E-state index contributed by atoms with van der Waals surface area (Å²) < 4.78 is 0. The summed E-state index contributed by atoms with van der Waals surface area (Å²) in [6, 6.07) is 24.9. The van der Waals surface area contributed by atoms with Gasteiger partial charge in [-0.25, -0.2) is 0 Å². The molecule has 1 aliphatic heterocycles. The monoisotopic (exact) mass is 371 g/mol. The van der Waals surface area contributed by atoms with E-state index in [1.165, 1.54) is 61.0 Å². The molecule has 2 atom stereocenters. The van der Waals surface area contributed by atoms with Gasteiger partial charge < -0.3 is 0 Å². The Bertz CT molecular complexity index is 1410. The predicted molar refractivity (Wildman–Crippen MR) is 120 cm³/mol. The number of fused-ring (bicyclic) bond motifs is 7. The SMILES string of the molecule is Cc1ccc2c3c4c(cc(C)c13)Cc1ccccc1C4C1=Nc3ccccc3C12. The number of rotatable bonds is 0. The van der Waals surface area contributed by atoms with Gasteiger partial charge in [-0.1, -0.05) is 60.7 Å². The molecule has 2 unspecified atom stereocenters. The van der Waals surface area contributed by atoms with Gasteiger partial charge in [-0.15, -0.1) is 0 Å². The first-order valence-corrected chi connectivity index (χ1v) is 10.5. The van der Waals surface area contributed by atoms with E-state index in [1.54, 1.807) is 0 Å². The normalized spacial score (nSPS) is 20.1. The molecule has 1 heterocycles. The highest BCUT2D eigenvalue weighted by molar-refractivity contribution is 6.15. The number of para-hydroxylation sites is 1. The third-order valence-corrected chi connectivity index (χ3v) is 7.28. The third kappa shape index (κ3) is 1.84. The van der Waals surface area contributed by atoms with E-state index in [1.807, 2.05) is 0 Å². The Morgan fingerprint density at radius 1 is 0.690 bits per heavy atom. The summed E-state index contributed by atoms with van der Waals surface area (Å²) in [5.41, 5.74) is 14.0. The maximum Gasteiger partial charge on any atom is 0.0671 e. The average Bonchev–Trinajstić information content (AvgIpc) is 3.12. The van der Waals surface area contributed by atoms with Gasteiger partial charge in [-0.2, -0.15) is 0 Å². The molecule has 0 radical (unpaired) electrons. The van der Waals surface area contributed by atoms with Crippen LogP contribution in [0.5, 0.6) is 0 Å². The van der Waals surface area contributed by atoms with Crippen molar-refractivity contribution in [2.24, 2.45) is 4.99 Å². The van der Waals surface area contributed by atoms with E-state index in [9.17, 15) is 0 Å². The molecule has 4 aromatic rings. The van der Waals surface area contributed by atoms with Crippen molar-refractivity contribution in [2.75, 3.05) is 0 Å². The van der Waals surface area contributed by atoms with Crippen LogP contribution in [0.2, 0.25) is 0 Å². The molecular weight excluding hydrogens is 350 g/mol. The molecule has 7 rings (SSSR count). The topological polar surface area (TPSA) is 12.4 Å². The maximum absolute atomic E-state index is 5.25. The summed E-state index contributed by atoms with van der Waals surface area (Å²) in [5.74, 6) is 0.539. The molecule has 0 saturated carbocycles. The summed E-state index contributed by atoms with van der Waals surface area (Å²) >= 11 is 0. The number of nitrogens with zero attached hydrogens (tertiary/aromatic N) is 1. The second-order valence-electron chi connectivity index (χ2n) is 8.83. The Morgan fingerprint density at radius 3 is 2.38 bits per heavy atom. The Hall–Kier alpha value is -3.19. The van der Waals surface area contributed by atoms with Gasteiger partial charge >= 0.3 is 0 Å². The second kappa shape index (κ2) is 5.24. The van der Waals surface area contributed by atoms with Crippen molar-refractivity contribution in [2.45, 2.75) is 32.1 Å². The first-order chi connectivity index (χ1) is 14.2. The standard InChI is InChI=1S/C28H21N/c1-15-11-12-21-25-20-9-5-6-10-22(20)29-28(25)27-19-8-4-3-7-17(19)14-18-13-16(2)23(15)26(21)24(18)27/h3-13,25,27H,14H2,1-2H3. The molecule has 2 aliphatic carbocycles. The van der Waals surface area contributed by atoms with Gasteiger partial charge in [-0.05, 0) is 81.6 Å². The molecule has 138 valence electrons. The van der Waals surface area contributed by atoms with Crippen LogP contribution in [0.15, 0.2) is 71.7 Å². The van der Waals surface area contributed by atoms with Gasteiger partial charge in [0.05, 0.1) is 11.6 Å². The molecule has 1 nitrogen and oxygen atoms in total. The van der Waals surface area contributed by atoms with Gasteiger partial charge in [0.25, 0.3) is 0 Å². The molecule has 0 amide bonds. The van der Waals surface area contributed by atoms with E-state index in [0.29, 0.717) is 0 Å². The van der Waals surface area contributed by atoms with Gasteiger partial charge in [0, 0.05) is 11.6 Å². The highest BCUT2D eigenvalue weighted by atomic mass is 14.8. The smallest absolute Gasteiger partial charge is 0.0671 e. The predicted octanol–water partition coefficient (Wildman–Crippen LogP) is 6.72. The van der Waals surface area contributed by atoms with Crippen molar-refractivity contribution >= 4 is 22.2 Å². The lowest BCUT2D eigenvalue weighted by Crippen LogP contribution is -2.29. The summed E-state index contributed by atoms with van der Waals surface area (Å²) in [6.07, 6.45) is 1.02. The van der Waals surface area contributed by atoms with Crippen molar-refractivity contribution in [1.29, 1.82) is 0 Å². The zero-order valence-electron chi connectivity index (χ0n) is 16.7. The van der Waals surface area contributed by atoms with Crippen LogP contribution in [0.4, 0.5) is 5.69 Å². The minimum atomic E-state index is 0.268. The average molecular weight is 371 g/mol. The Labute approximate surface area is 170 Å².